The van der Waals surface area contributed by atoms with Crippen LogP contribution in [0.5, 0.6) is 0 Å². The molecule has 2 rings (SSSR count). The van der Waals surface area contributed by atoms with Gasteiger partial charge in [-0.25, -0.2) is 0 Å². The summed E-state index contributed by atoms with van der Waals surface area (Å²) in [5, 5.41) is 17.9. The lowest BCUT2D eigenvalue weighted by molar-refractivity contribution is -0.122. The summed E-state index contributed by atoms with van der Waals surface area (Å²) in [5.41, 5.74) is 1.13. The smallest absolute Gasteiger partial charge is 0.290 e. The van der Waals surface area contributed by atoms with Crippen LogP contribution in [0.2, 0.25) is 0 Å². The largest absolute Gasteiger partial charge is 0.483 e. The van der Waals surface area contributed by atoms with Gasteiger partial charge in [0.1, 0.15) is 0 Å². The fourth-order valence-electron chi connectivity index (χ4n) is 2.38. The average Bonchev–Trinajstić information content (AvgIpc) is 2.95. The van der Waals surface area contributed by atoms with Gasteiger partial charge in [-0.3, -0.25) is 9.59 Å². The number of morpholine rings is 1. The quantitative estimate of drug-likeness (QED) is 0.757. The summed E-state index contributed by atoms with van der Waals surface area (Å²) >= 11 is 1.50. The van der Waals surface area contributed by atoms with Crippen molar-refractivity contribution in [3.8, 4) is 0 Å². The van der Waals surface area contributed by atoms with Crippen LogP contribution in [-0.4, -0.2) is 84.9 Å². The Morgan fingerprint density at radius 2 is 2.30 bits per heavy atom. The first-order valence-corrected chi connectivity index (χ1v) is 8.22. The molecule has 0 aromatic carbocycles. The molecule has 7 nitrogen and oxygen atoms in total. The van der Waals surface area contributed by atoms with E-state index in [4.69, 9.17) is 19.7 Å². The second-order valence-electron chi connectivity index (χ2n) is 5.31. The van der Waals surface area contributed by atoms with Crippen molar-refractivity contribution < 1.29 is 24.5 Å². The Hall–Kier alpha value is -1.48. The van der Waals surface area contributed by atoms with Crippen LogP contribution in [0.25, 0.3) is 0 Å². The number of carboxylic acid groups (broad SMARTS) is 1. The number of likely N-dealkylation sites (N-methyl/N-ethyl adjacent to an activating group) is 1. The molecule has 1 aromatic rings. The van der Waals surface area contributed by atoms with Crippen molar-refractivity contribution in [3.63, 3.8) is 0 Å². The molecular weight excluding hydrogens is 320 g/mol. The van der Waals surface area contributed by atoms with E-state index in [1.54, 1.807) is 0 Å². The zero-order chi connectivity index (χ0) is 17.2. The van der Waals surface area contributed by atoms with Crippen LogP contribution >= 0.6 is 11.3 Å². The number of aryl methyl sites for hydroxylation is 1. The van der Waals surface area contributed by atoms with E-state index in [-0.39, 0.29) is 25.0 Å². The highest BCUT2D eigenvalue weighted by Crippen LogP contribution is 2.19. The van der Waals surface area contributed by atoms with E-state index in [9.17, 15) is 4.79 Å². The predicted molar refractivity (Wildman–Crippen MR) is 88.0 cm³/mol. The summed E-state index contributed by atoms with van der Waals surface area (Å²) in [7, 11) is 1.95. The van der Waals surface area contributed by atoms with Gasteiger partial charge in [0, 0.05) is 19.6 Å². The van der Waals surface area contributed by atoms with E-state index in [1.807, 2.05) is 35.2 Å². The molecule has 0 spiro atoms. The lowest BCUT2D eigenvalue weighted by Gasteiger charge is -2.37. The van der Waals surface area contributed by atoms with Crippen molar-refractivity contribution in [2.24, 2.45) is 0 Å². The molecule has 1 aliphatic rings. The minimum atomic E-state index is -0.250. The summed E-state index contributed by atoms with van der Waals surface area (Å²) in [6, 6.07) is 1.99. The highest BCUT2D eigenvalue weighted by molar-refractivity contribution is 7.12. The fraction of sp³-hybridized carbons (Fsp3) is 0.600. The van der Waals surface area contributed by atoms with E-state index < -0.39 is 0 Å². The third-order valence-corrected chi connectivity index (χ3v) is 4.47. The highest BCUT2D eigenvalue weighted by atomic mass is 32.1. The molecule has 23 heavy (non-hydrogen) atoms. The van der Waals surface area contributed by atoms with Crippen LogP contribution in [-0.2, 0) is 9.53 Å². The number of thiophene rings is 1. The maximum Gasteiger partial charge on any atom is 0.290 e. The second-order valence-corrected chi connectivity index (χ2v) is 6.22. The van der Waals surface area contributed by atoms with Gasteiger partial charge in [-0.2, -0.15) is 0 Å². The lowest BCUT2D eigenvalue weighted by atomic mass is 10.2. The Morgan fingerprint density at radius 1 is 1.61 bits per heavy atom. The van der Waals surface area contributed by atoms with E-state index in [0.29, 0.717) is 26.3 Å². The van der Waals surface area contributed by atoms with Gasteiger partial charge in [-0.1, -0.05) is 0 Å². The van der Waals surface area contributed by atoms with Crippen molar-refractivity contribution in [2.45, 2.75) is 13.0 Å². The van der Waals surface area contributed by atoms with Crippen molar-refractivity contribution in [3.05, 3.63) is 21.9 Å². The van der Waals surface area contributed by atoms with Crippen LogP contribution in [0.1, 0.15) is 15.2 Å². The molecule has 2 heterocycles. The number of nitrogens with zero attached hydrogens (tertiary/aromatic N) is 2. The van der Waals surface area contributed by atoms with Crippen molar-refractivity contribution in [1.29, 1.82) is 0 Å². The van der Waals surface area contributed by atoms with Gasteiger partial charge in [0.15, 0.2) is 0 Å². The average molecular weight is 344 g/mol. The standard InChI is InChI=1S/C14H22N2O3S.CH2O2/c1-11-7-13(20-10-11)14(18)16-4-6-19-9-12(16)8-15(2)3-5-17;2-1-3/h7,10,12,17H,3-6,8-9H2,1-2H3;1H,(H,2,3). The number of aliphatic hydroxyl groups excluding tert-OH is 1. The number of carbonyl (C=O) groups excluding carboxylic acids is 1. The Labute approximate surface area is 140 Å². The molecule has 1 aromatic heterocycles. The van der Waals surface area contributed by atoms with Crippen LogP contribution in [0.3, 0.4) is 0 Å². The molecule has 0 aliphatic carbocycles. The number of carbonyl (C=O) groups is 2. The Bertz CT molecular complexity index is 494. The van der Waals surface area contributed by atoms with E-state index in [0.717, 1.165) is 17.0 Å². The molecule has 8 heteroatoms. The maximum absolute atomic E-state index is 12.6. The first kappa shape index (κ1) is 19.6. The predicted octanol–water partition coefficient (Wildman–Crippen LogP) is 0.522. The number of hydrogen-bond donors (Lipinski definition) is 2. The van der Waals surface area contributed by atoms with Gasteiger partial charge in [0.05, 0.1) is 30.7 Å². The fourth-order valence-corrected chi connectivity index (χ4v) is 3.23. The molecule has 1 unspecified atom stereocenters. The maximum atomic E-state index is 12.6. The summed E-state index contributed by atoms with van der Waals surface area (Å²) in [6.45, 7) is 4.99. The van der Waals surface area contributed by atoms with Crippen LogP contribution < -0.4 is 0 Å². The second kappa shape index (κ2) is 10.3. The van der Waals surface area contributed by atoms with E-state index in [1.165, 1.54) is 11.3 Å². The van der Waals surface area contributed by atoms with Gasteiger partial charge in [0.2, 0.25) is 0 Å². The van der Waals surface area contributed by atoms with Crippen LogP contribution in [0, 0.1) is 6.92 Å². The van der Waals surface area contributed by atoms with Gasteiger partial charge in [-0.05, 0) is 31.0 Å². The lowest BCUT2D eigenvalue weighted by Crippen LogP contribution is -2.53. The SMILES string of the molecule is Cc1csc(C(=O)N2CCOCC2CN(C)CCO)c1.O=CO. The highest BCUT2D eigenvalue weighted by Gasteiger charge is 2.29. The molecular formula is C15H24N2O5S. The van der Waals surface area contributed by atoms with Crippen molar-refractivity contribution in [2.75, 3.05) is 46.5 Å². The molecule has 130 valence electrons. The van der Waals surface area contributed by atoms with Gasteiger partial charge < -0.3 is 24.7 Å². The summed E-state index contributed by atoms with van der Waals surface area (Å²) in [6.07, 6.45) is 0. The summed E-state index contributed by atoms with van der Waals surface area (Å²) in [5.74, 6) is 0.0915. The number of hydrogen-bond acceptors (Lipinski definition) is 6. The minimum absolute atomic E-state index is 0.0511. The van der Waals surface area contributed by atoms with E-state index in [2.05, 4.69) is 0 Å². The van der Waals surface area contributed by atoms with Gasteiger partial charge in [0.25, 0.3) is 12.4 Å². The first-order valence-electron chi connectivity index (χ1n) is 7.34. The minimum Gasteiger partial charge on any atom is -0.483 e. The molecule has 1 aliphatic heterocycles. The van der Waals surface area contributed by atoms with Crippen molar-refractivity contribution in [1.82, 2.24) is 9.80 Å². The summed E-state index contributed by atoms with van der Waals surface area (Å²) in [4.78, 5) is 25.7. The molecule has 1 fully saturated rings. The normalized spacial score (nSPS) is 17.6. The zero-order valence-electron chi connectivity index (χ0n) is 13.5. The Balaban J connectivity index is 0.000000816. The molecule has 1 amide bonds. The molecule has 0 bridgehead atoms. The van der Waals surface area contributed by atoms with Gasteiger partial charge in [-0.15, -0.1) is 11.3 Å². The number of rotatable bonds is 5. The molecule has 0 radical (unpaired) electrons. The Morgan fingerprint density at radius 3 is 2.87 bits per heavy atom. The third-order valence-electron chi connectivity index (χ3n) is 3.43. The number of amides is 1. The number of ether oxygens (including phenoxy) is 1. The first-order chi connectivity index (χ1) is 11.0. The van der Waals surface area contributed by atoms with Crippen LogP contribution in [0.4, 0.5) is 0 Å². The summed E-state index contributed by atoms with van der Waals surface area (Å²) < 4.78 is 5.50. The third kappa shape index (κ3) is 6.26. The molecule has 2 N–H and O–H groups in total. The van der Waals surface area contributed by atoms with E-state index >= 15 is 0 Å². The molecule has 1 atom stereocenters. The Kier molecular flexibility index (Phi) is 8.78. The number of aliphatic hydroxyl groups is 1. The van der Waals surface area contributed by atoms with Gasteiger partial charge >= 0.3 is 0 Å². The molecule has 1 saturated heterocycles. The topological polar surface area (TPSA) is 90.3 Å². The zero-order valence-corrected chi connectivity index (χ0v) is 14.3. The van der Waals surface area contributed by atoms with Crippen molar-refractivity contribution >= 4 is 23.7 Å². The monoisotopic (exact) mass is 344 g/mol. The molecule has 0 saturated carbocycles. The van der Waals surface area contributed by atoms with Crippen LogP contribution in [0.15, 0.2) is 11.4 Å².